The van der Waals surface area contributed by atoms with Crippen molar-refractivity contribution in [3.8, 4) is 0 Å². The van der Waals surface area contributed by atoms with E-state index in [0.717, 1.165) is 26.6 Å². The van der Waals surface area contributed by atoms with Gasteiger partial charge in [0.25, 0.3) is 0 Å². The number of rotatable bonds is 4. The molecule has 0 bridgehead atoms. The highest BCUT2D eigenvalue weighted by atomic mass is 79.9. The number of hydrogen-bond acceptors (Lipinski definition) is 4. The number of hydrogen-bond donors (Lipinski definition) is 1. The molecule has 1 heterocycles. The van der Waals surface area contributed by atoms with E-state index in [4.69, 9.17) is 9.05 Å². The van der Waals surface area contributed by atoms with E-state index < -0.39 is 13.4 Å². The summed E-state index contributed by atoms with van der Waals surface area (Å²) in [5, 5.41) is 3.32. The van der Waals surface area contributed by atoms with Crippen LogP contribution in [0.5, 0.6) is 0 Å². The van der Waals surface area contributed by atoms with Gasteiger partial charge in [-0.3, -0.25) is 4.57 Å². The molecule has 1 saturated heterocycles. The molecule has 0 spiro atoms. The Kier molecular flexibility index (Phi) is 5.83. The van der Waals surface area contributed by atoms with Crippen LogP contribution in [0.3, 0.4) is 0 Å². The molecule has 0 aliphatic carbocycles. The van der Waals surface area contributed by atoms with Crippen LogP contribution in [-0.2, 0) is 13.6 Å². The molecule has 2 aromatic carbocycles. The van der Waals surface area contributed by atoms with Crippen LogP contribution in [0.25, 0.3) is 0 Å². The van der Waals surface area contributed by atoms with Crippen LogP contribution in [-0.4, -0.2) is 12.7 Å². The van der Waals surface area contributed by atoms with Gasteiger partial charge in [-0.05, 0) is 55.3 Å². The Morgan fingerprint density at radius 2 is 1.67 bits per heavy atom. The summed E-state index contributed by atoms with van der Waals surface area (Å²) in [6.07, 6.45) is 0.657. The van der Waals surface area contributed by atoms with Gasteiger partial charge in [0.15, 0.2) is 5.78 Å². The van der Waals surface area contributed by atoms with Gasteiger partial charge in [-0.15, -0.1) is 0 Å². The van der Waals surface area contributed by atoms with Crippen molar-refractivity contribution in [3.05, 3.63) is 63.0 Å². The standard InChI is InChI=1S/C17H18Br2NO3P/c1-12-10-11-22-24(21,23-12)17(13-2-4-14(18)5-3-13)20-16-8-6-15(19)7-9-16/h2-9,12,17,20H,10-11H2,1H3/t12-,17-,24+/m0/s1. The fraction of sp³-hybridized carbons (Fsp3) is 0.294. The van der Waals surface area contributed by atoms with Crippen LogP contribution in [0.2, 0.25) is 0 Å². The largest absolute Gasteiger partial charge is 0.368 e. The van der Waals surface area contributed by atoms with E-state index in [1.807, 2.05) is 55.5 Å². The van der Waals surface area contributed by atoms with Crippen molar-refractivity contribution < 1.29 is 13.6 Å². The van der Waals surface area contributed by atoms with Crippen LogP contribution >= 0.6 is 39.5 Å². The highest BCUT2D eigenvalue weighted by molar-refractivity contribution is 9.10. The highest BCUT2D eigenvalue weighted by Crippen LogP contribution is 2.63. The zero-order chi connectivity index (χ0) is 17.2. The molecule has 1 fully saturated rings. The molecule has 1 N–H and O–H groups in total. The molecule has 0 amide bonds. The van der Waals surface area contributed by atoms with Gasteiger partial charge in [0.2, 0.25) is 0 Å². The molecular formula is C17H18Br2NO3P. The summed E-state index contributed by atoms with van der Waals surface area (Å²) in [5.74, 6) is -0.561. The lowest BCUT2D eigenvalue weighted by Crippen LogP contribution is -2.23. The van der Waals surface area contributed by atoms with Crippen LogP contribution in [0.15, 0.2) is 57.5 Å². The number of benzene rings is 2. The number of nitrogens with one attached hydrogen (secondary N) is 1. The second-order valence-electron chi connectivity index (χ2n) is 5.68. The first-order valence-corrected chi connectivity index (χ1v) is 10.9. The van der Waals surface area contributed by atoms with Crippen LogP contribution in [0.1, 0.15) is 24.7 Å². The lowest BCUT2D eigenvalue weighted by Gasteiger charge is -2.34. The lowest BCUT2D eigenvalue weighted by atomic mass is 10.2. The quantitative estimate of drug-likeness (QED) is 0.525. The summed E-state index contributed by atoms with van der Waals surface area (Å²) in [5.41, 5.74) is 1.71. The summed E-state index contributed by atoms with van der Waals surface area (Å²) in [4.78, 5) is 0. The minimum absolute atomic E-state index is 0.0887. The third kappa shape index (κ3) is 4.30. The third-order valence-electron chi connectivity index (χ3n) is 3.77. The van der Waals surface area contributed by atoms with Crippen molar-refractivity contribution in [1.29, 1.82) is 0 Å². The monoisotopic (exact) mass is 473 g/mol. The number of halogens is 2. The molecule has 4 nitrogen and oxygen atoms in total. The van der Waals surface area contributed by atoms with Crippen molar-refractivity contribution >= 4 is 45.1 Å². The SMILES string of the molecule is C[C@H]1CCO[P@](=O)([C@H](Nc2ccc(Br)cc2)c2ccc(Br)cc2)O1. The fourth-order valence-electron chi connectivity index (χ4n) is 2.51. The summed E-state index contributed by atoms with van der Waals surface area (Å²) in [6, 6.07) is 15.4. The topological polar surface area (TPSA) is 47.6 Å². The van der Waals surface area contributed by atoms with Gasteiger partial charge in [-0.1, -0.05) is 44.0 Å². The molecule has 0 radical (unpaired) electrons. The van der Waals surface area contributed by atoms with E-state index in [-0.39, 0.29) is 6.10 Å². The van der Waals surface area contributed by atoms with Crippen LogP contribution < -0.4 is 5.32 Å². The Bertz CT molecular complexity index is 737. The average Bonchev–Trinajstić information content (AvgIpc) is 2.55. The molecule has 0 aromatic heterocycles. The minimum atomic E-state index is -3.33. The molecular weight excluding hydrogens is 457 g/mol. The van der Waals surface area contributed by atoms with E-state index in [9.17, 15) is 4.57 Å². The number of anilines is 1. The summed E-state index contributed by atoms with van der Waals surface area (Å²) < 4.78 is 26.7. The van der Waals surface area contributed by atoms with Gasteiger partial charge in [0.1, 0.15) is 0 Å². The average molecular weight is 475 g/mol. The molecule has 2 aromatic rings. The van der Waals surface area contributed by atoms with E-state index >= 15 is 0 Å². The first kappa shape index (κ1) is 18.2. The van der Waals surface area contributed by atoms with Gasteiger partial charge in [-0.2, -0.15) is 0 Å². The maximum atomic E-state index is 13.4. The predicted molar refractivity (Wildman–Crippen MR) is 103 cm³/mol. The van der Waals surface area contributed by atoms with E-state index in [1.54, 1.807) is 0 Å². The first-order valence-electron chi connectivity index (χ1n) is 7.66. The Labute approximate surface area is 158 Å². The molecule has 0 saturated carbocycles. The molecule has 128 valence electrons. The van der Waals surface area contributed by atoms with Crippen LogP contribution in [0.4, 0.5) is 5.69 Å². The molecule has 3 atom stereocenters. The van der Waals surface area contributed by atoms with E-state index in [0.29, 0.717) is 6.61 Å². The Hall–Kier alpha value is -0.650. The maximum Gasteiger partial charge on any atom is 0.357 e. The lowest BCUT2D eigenvalue weighted by molar-refractivity contribution is 0.0887. The van der Waals surface area contributed by atoms with Crippen LogP contribution in [0, 0.1) is 0 Å². The zero-order valence-corrected chi connectivity index (χ0v) is 17.2. The zero-order valence-electron chi connectivity index (χ0n) is 13.1. The predicted octanol–water partition coefficient (Wildman–Crippen LogP) is 6.34. The Morgan fingerprint density at radius 3 is 2.25 bits per heavy atom. The van der Waals surface area contributed by atoms with Gasteiger partial charge in [-0.25, -0.2) is 0 Å². The van der Waals surface area contributed by atoms with Gasteiger partial charge in [0, 0.05) is 14.6 Å². The smallest absolute Gasteiger partial charge is 0.357 e. The third-order valence-corrected chi connectivity index (χ3v) is 7.09. The van der Waals surface area contributed by atoms with Gasteiger partial charge < -0.3 is 14.4 Å². The van der Waals surface area contributed by atoms with Crippen molar-refractivity contribution in [1.82, 2.24) is 0 Å². The second-order valence-corrected chi connectivity index (χ2v) is 9.58. The molecule has 1 aliphatic heterocycles. The summed E-state index contributed by atoms with van der Waals surface area (Å²) in [7, 11) is -3.33. The second kappa shape index (κ2) is 7.71. The minimum Gasteiger partial charge on any atom is -0.368 e. The normalized spacial score (nSPS) is 25.2. The summed E-state index contributed by atoms with van der Waals surface area (Å²) >= 11 is 6.85. The van der Waals surface area contributed by atoms with Crippen molar-refractivity contribution in [2.75, 3.05) is 11.9 Å². The first-order chi connectivity index (χ1) is 11.5. The highest BCUT2D eigenvalue weighted by Gasteiger charge is 2.41. The molecule has 0 unspecified atom stereocenters. The Morgan fingerprint density at radius 1 is 1.08 bits per heavy atom. The molecule has 7 heteroatoms. The van der Waals surface area contributed by atoms with Crippen molar-refractivity contribution in [2.24, 2.45) is 0 Å². The Balaban J connectivity index is 1.95. The van der Waals surface area contributed by atoms with Gasteiger partial charge in [0.05, 0.1) is 12.7 Å². The van der Waals surface area contributed by atoms with Crippen molar-refractivity contribution in [2.45, 2.75) is 25.2 Å². The summed E-state index contributed by atoms with van der Waals surface area (Å²) in [6.45, 7) is 2.36. The van der Waals surface area contributed by atoms with Crippen molar-refractivity contribution in [3.63, 3.8) is 0 Å². The fourth-order valence-corrected chi connectivity index (χ4v) is 5.18. The molecule has 24 heavy (non-hydrogen) atoms. The molecule has 1 aliphatic rings. The van der Waals surface area contributed by atoms with E-state index in [1.165, 1.54) is 0 Å². The van der Waals surface area contributed by atoms with Gasteiger partial charge >= 0.3 is 7.60 Å². The maximum absolute atomic E-state index is 13.4. The molecule has 3 rings (SSSR count). The van der Waals surface area contributed by atoms with E-state index in [2.05, 4.69) is 37.2 Å².